The van der Waals surface area contributed by atoms with Crippen molar-refractivity contribution in [1.29, 1.82) is 0 Å². The van der Waals surface area contributed by atoms with Gasteiger partial charge in [-0.25, -0.2) is 13.9 Å². The first-order valence-electron chi connectivity index (χ1n) is 13.6. The zero-order valence-electron chi connectivity index (χ0n) is 23.1. The summed E-state index contributed by atoms with van der Waals surface area (Å²) in [6.45, 7) is 2.62. The first-order valence-corrected chi connectivity index (χ1v) is 13.6. The molecule has 1 aliphatic heterocycles. The highest BCUT2D eigenvalue weighted by molar-refractivity contribution is 5.90. The van der Waals surface area contributed by atoms with Gasteiger partial charge >= 0.3 is 6.09 Å². The average molecular weight is 568 g/mol. The van der Waals surface area contributed by atoms with Crippen LogP contribution >= 0.6 is 0 Å². The lowest BCUT2D eigenvalue weighted by atomic mass is 10.0. The third kappa shape index (κ3) is 6.16. The Kier molecular flexibility index (Phi) is 7.91. The van der Waals surface area contributed by atoms with Gasteiger partial charge in [0.25, 0.3) is 0 Å². The number of carbonyl (C=O) groups excluding carboxylic acids is 1. The lowest BCUT2D eigenvalue weighted by molar-refractivity contribution is 0.129. The number of rotatable bonds is 11. The van der Waals surface area contributed by atoms with Gasteiger partial charge in [-0.15, -0.1) is 5.10 Å². The number of hydrogen-bond donors (Lipinski definition) is 1. The lowest BCUT2D eigenvalue weighted by Gasteiger charge is -2.15. The number of aromatic nitrogens is 5. The second-order valence-corrected chi connectivity index (χ2v) is 10.0. The number of halogens is 1. The minimum Gasteiger partial charge on any atom is -0.497 e. The molecule has 1 N–H and O–H groups in total. The van der Waals surface area contributed by atoms with Crippen LogP contribution in [0.5, 0.6) is 5.75 Å². The molecule has 0 unspecified atom stereocenters. The minimum atomic E-state index is -0.490. The molecule has 0 saturated carbocycles. The zero-order valence-corrected chi connectivity index (χ0v) is 23.1. The number of nitrogens with one attached hydrogen (secondary N) is 1. The number of ether oxygens (including phenoxy) is 2. The van der Waals surface area contributed by atoms with Gasteiger partial charge in [0.2, 0.25) is 0 Å². The van der Waals surface area contributed by atoms with Gasteiger partial charge in [-0.3, -0.25) is 9.58 Å². The largest absolute Gasteiger partial charge is 0.497 e. The first-order chi connectivity index (χ1) is 20.6. The van der Waals surface area contributed by atoms with Crippen molar-refractivity contribution in [3.05, 3.63) is 114 Å². The molecular formula is C31H30FN7O3. The third-order valence-electron chi connectivity index (χ3n) is 7.18. The molecule has 11 heteroatoms. The van der Waals surface area contributed by atoms with Crippen LogP contribution in [0, 0.1) is 5.82 Å². The SMILES string of the molecule is COc1ccc(Cn2nncc2CNCc2ccc(-c3ccc(N4C[C@H](Cn5cccn5)OC4=O)cc3F)cc2)cc1. The Hall–Kier alpha value is -5.03. The highest BCUT2D eigenvalue weighted by atomic mass is 19.1. The molecule has 3 aromatic carbocycles. The van der Waals surface area contributed by atoms with Crippen LogP contribution in [-0.2, 0) is 30.9 Å². The summed E-state index contributed by atoms with van der Waals surface area (Å²) >= 11 is 0. The molecule has 214 valence electrons. The van der Waals surface area contributed by atoms with Gasteiger partial charge in [-0.05, 0) is 53.1 Å². The highest BCUT2D eigenvalue weighted by Crippen LogP contribution is 2.29. The van der Waals surface area contributed by atoms with Gasteiger partial charge in [-0.1, -0.05) is 41.6 Å². The fraction of sp³-hybridized carbons (Fsp3) is 0.226. The molecule has 0 aliphatic carbocycles. The van der Waals surface area contributed by atoms with Crippen LogP contribution in [0.2, 0.25) is 0 Å². The molecule has 0 bridgehead atoms. The molecule has 3 heterocycles. The van der Waals surface area contributed by atoms with Crippen LogP contribution in [0.15, 0.2) is 91.4 Å². The average Bonchev–Trinajstić information content (AvgIpc) is 3.76. The molecule has 6 rings (SSSR count). The molecule has 10 nitrogen and oxygen atoms in total. The first kappa shape index (κ1) is 27.2. The van der Waals surface area contributed by atoms with Gasteiger partial charge in [0.05, 0.1) is 44.3 Å². The van der Waals surface area contributed by atoms with Crippen molar-refractivity contribution in [2.75, 3.05) is 18.6 Å². The summed E-state index contributed by atoms with van der Waals surface area (Å²) in [4.78, 5) is 13.9. The van der Waals surface area contributed by atoms with Crippen LogP contribution in [0.3, 0.4) is 0 Å². The molecule has 2 aromatic heterocycles. The second kappa shape index (κ2) is 12.2. The van der Waals surface area contributed by atoms with E-state index in [1.54, 1.807) is 36.3 Å². The van der Waals surface area contributed by atoms with E-state index >= 15 is 4.39 Å². The third-order valence-corrected chi connectivity index (χ3v) is 7.18. The number of nitrogens with zero attached hydrogens (tertiary/aromatic N) is 6. The lowest BCUT2D eigenvalue weighted by Crippen LogP contribution is -2.26. The summed E-state index contributed by atoms with van der Waals surface area (Å²) in [5.41, 5.74) is 4.82. The number of cyclic esters (lactones) is 1. The zero-order chi connectivity index (χ0) is 28.9. The smallest absolute Gasteiger partial charge is 0.414 e. The fourth-order valence-electron chi connectivity index (χ4n) is 4.94. The molecule has 0 radical (unpaired) electrons. The van der Waals surface area contributed by atoms with Gasteiger partial charge in [-0.2, -0.15) is 5.10 Å². The number of methoxy groups -OCH3 is 1. The highest BCUT2D eigenvalue weighted by Gasteiger charge is 2.33. The molecule has 5 aromatic rings. The summed E-state index contributed by atoms with van der Waals surface area (Å²) in [5, 5.41) is 15.9. The summed E-state index contributed by atoms with van der Waals surface area (Å²) < 4.78 is 29.4. The van der Waals surface area contributed by atoms with Crippen molar-refractivity contribution in [2.24, 2.45) is 0 Å². The van der Waals surface area contributed by atoms with Crippen molar-refractivity contribution in [3.63, 3.8) is 0 Å². The van der Waals surface area contributed by atoms with E-state index in [2.05, 4.69) is 20.7 Å². The molecule has 1 saturated heterocycles. The van der Waals surface area contributed by atoms with E-state index in [1.165, 1.54) is 11.0 Å². The van der Waals surface area contributed by atoms with E-state index in [1.807, 2.05) is 65.5 Å². The summed E-state index contributed by atoms with van der Waals surface area (Å²) in [6.07, 6.45) is 4.40. The topological polar surface area (TPSA) is 99.3 Å². The van der Waals surface area contributed by atoms with Crippen LogP contribution < -0.4 is 15.0 Å². The Morgan fingerprint density at radius 3 is 2.60 bits per heavy atom. The number of benzene rings is 3. The van der Waals surface area contributed by atoms with Gasteiger partial charge in [0.15, 0.2) is 0 Å². The number of amides is 1. The molecule has 1 atom stereocenters. The van der Waals surface area contributed by atoms with E-state index in [4.69, 9.17) is 9.47 Å². The van der Waals surface area contributed by atoms with Crippen molar-refractivity contribution in [1.82, 2.24) is 30.1 Å². The Bertz CT molecular complexity index is 1640. The normalized spacial score (nSPS) is 14.8. The predicted octanol–water partition coefficient (Wildman–Crippen LogP) is 4.65. The standard InChI is InChI=1S/C31H30FN7O3/c1-41-27-10-5-23(6-11-27)19-39-26(18-34-36-39)17-33-16-22-3-7-24(8-4-22)29-12-9-25(15-30(29)32)38-21-28(42-31(38)40)20-37-14-2-13-35-37/h2-15,18,28,33H,16-17,19-21H2,1H3/t28-/m0/s1. The van der Waals surface area contributed by atoms with Crippen LogP contribution in [0.1, 0.15) is 16.8 Å². The Morgan fingerprint density at radius 2 is 1.86 bits per heavy atom. The number of hydrogen-bond acceptors (Lipinski definition) is 7. The monoisotopic (exact) mass is 567 g/mol. The van der Waals surface area contributed by atoms with Gasteiger partial charge in [0, 0.05) is 31.0 Å². The molecule has 1 fully saturated rings. The summed E-state index contributed by atoms with van der Waals surface area (Å²) in [7, 11) is 1.65. The Labute approximate surface area is 242 Å². The van der Waals surface area contributed by atoms with E-state index in [0.717, 1.165) is 28.1 Å². The van der Waals surface area contributed by atoms with Crippen molar-refractivity contribution in [3.8, 4) is 16.9 Å². The van der Waals surface area contributed by atoms with E-state index in [9.17, 15) is 4.79 Å². The second-order valence-electron chi connectivity index (χ2n) is 10.0. The van der Waals surface area contributed by atoms with Gasteiger partial charge in [0.1, 0.15) is 17.7 Å². The maximum atomic E-state index is 15.2. The Morgan fingerprint density at radius 1 is 1.05 bits per heavy atom. The molecular weight excluding hydrogens is 537 g/mol. The molecule has 42 heavy (non-hydrogen) atoms. The summed E-state index contributed by atoms with van der Waals surface area (Å²) in [6, 6.07) is 22.2. The summed E-state index contributed by atoms with van der Waals surface area (Å²) in [5.74, 6) is 0.411. The predicted molar refractivity (Wildman–Crippen MR) is 154 cm³/mol. The van der Waals surface area contributed by atoms with Crippen LogP contribution in [0.4, 0.5) is 14.9 Å². The van der Waals surface area contributed by atoms with Crippen molar-refractivity contribution < 1.29 is 18.7 Å². The fourth-order valence-corrected chi connectivity index (χ4v) is 4.94. The molecule has 1 aliphatic rings. The number of anilines is 1. The molecule has 1 amide bonds. The minimum absolute atomic E-state index is 0.331. The maximum Gasteiger partial charge on any atom is 0.414 e. The van der Waals surface area contributed by atoms with Gasteiger partial charge < -0.3 is 14.8 Å². The van der Waals surface area contributed by atoms with Crippen molar-refractivity contribution >= 4 is 11.8 Å². The van der Waals surface area contributed by atoms with Crippen LogP contribution in [0.25, 0.3) is 11.1 Å². The number of carbonyl (C=O) groups is 1. The van der Waals surface area contributed by atoms with E-state index < -0.39 is 11.9 Å². The van der Waals surface area contributed by atoms with E-state index in [-0.39, 0.29) is 6.10 Å². The molecule has 0 spiro atoms. The quantitative estimate of drug-likeness (QED) is 0.248. The van der Waals surface area contributed by atoms with Crippen molar-refractivity contribution in [2.45, 2.75) is 32.3 Å². The maximum absolute atomic E-state index is 15.2. The Balaban J connectivity index is 1.03. The van der Waals surface area contributed by atoms with Crippen LogP contribution in [-0.4, -0.2) is 50.6 Å². The van der Waals surface area contributed by atoms with E-state index in [0.29, 0.717) is 44.0 Å².